The second-order valence-corrected chi connectivity index (χ2v) is 4.11. The van der Waals surface area contributed by atoms with Crippen molar-refractivity contribution >= 4 is 6.08 Å². The van der Waals surface area contributed by atoms with Crippen LogP contribution >= 0.6 is 0 Å². The van der Waals surface area contributed by atoms with Crippen molar-refractivity contribution in [3.63, 3.8) is 0 Å². The van der Waals surface area contributed by atoms with Crippen LogP contribution < -0.4 is 10.1 Å². The number of ether oxygens (including phenoxy) is 1. The average molecular weight is 233 g/mol. The molecule has 17 heavy (non-hydrogen) atoms. The molecule has 0 saturated carbocycles. The highest BCUT2D eigenvalue weighted by Gasteiger charge is 1.97. The minimum atomic E-state index is 0.782. The van der Waals surface area contributed by atoms with Crippen LogP contribution in [0.3, 0.4) is 0 Å². The van der Waals surface area contributed by atoms with Crippen LogP contribution in [0.15, 0.2) is 29.8 Å². The first kappa shape index (κ1) is 13.8. The molecule has 0 atom stereocenters. The lowest BCUT2D eigenvalue weighted by Gasteiger charge is -2.07. The Bertz CT molecular complexity index is 358. The second-order valence-electron chi connectivity index (χ2n) is 4.11. The highest BCUT2D eigenvalue weighted by atomic mass is 16.5. The SMILES string of the molecule is CCCOc1cccc(C=C(CC)CNC)c1. The topological polar surface area (TPSA) is 21.3 Å². The molecule has 0 aliphatic carbocycles. The molecule has 0 amide bonds. The first-order valence-corrected chi connectivity index (χ1v) is 6.37. The first-order chi connectivity index (χ1) is 8.30. The molecular weight excluding hydrogens is 210 g/mol. The van der Waals surface area contributed by atoms with Crippen LogP contribution in [0.25, 0.3) is 6.08 Å². The highest BCUT2D eigenvalue weighted by Crippen LogP contribution is 2.16. The molecule has 0 fully saturated rings. The van der Waals surface area contributed by atoms with E-state index in [1.54, 1.807) is 0 Å². The van der Waals surface area contributed by atoms with Crippen molar-refractivity contribution in [2.75, 3.05) is 20.2 Å². The Kier molecular flexibility index (Phi) is 6.41. The third kappa shape index (κ3) is 5.05. The Morgan fingerprint density at radius 1 is 1.35 bits per heavy atom. The number of likely N-dealkylation sites (N-methyl/N-ethyl adjacent to an activating group) is 1. The largest absolute Gasteiger partial charge is 0.494 e. The smallest absolute Gasteiger partial charge is 0.119 e. The van der Waals surface area contributed by atoms with E-state index in [0.29, 0.717) is 0 Å². The molecule has 94 valence electrons. The van der Waals surface area contributed by atoms with Gasteiger partial charge in [0.25, 0.3) is 0 Å². The van der Waals surface area contributed by atoms with E-state index in [1.807, 2.05) is 19.2 Å². The van der Waals surface area contributed by atoms with E-state index < -0.39 is 0 Å². The standard InChI is InChI=1S/C15H23NO/c1-4-9-17-15-8-6-7-14(11-15)10-13(5-2)12-16-3/h6-8,10-11,16H,4-5,9,12H2,1-3H3. The van der Waals surface area contributed by atoms with E-state index >= 15 is 0 Å². The molecule has 1 rings (SSSR count). The van der Waals surface area contributed by atoms with Crippen LogP contribution in [-0.4, -0.2) is 20.2 Å². The van der Waals surface area contributed by atoms with E-state index in [9.17, 15) is 0 Å². The van der Waals surface area contributed by atoms with E-state index in [0.717, 1.165) is 31.7 Å². The Labute approximate surface area is 105 Å². The highest BCUT2D eigenvalue weighted by molar-refractivity contribution is 5.55. The van der Waals surface area contributed by atoms with E-state index in [1.165, 1.54) is 11.1 Å². The summed E-state index contributed by atoms with van der Waals surface area (Å²) in [6.07, 6.45) is 4.34. The van der Waals surface area contributed by atoms with Crippen LogP contribution in [-0.2, 0) is 0 Å². The van der Waals surface area contributed by atoms with Crippen molar-refractivity contribution in [2.45, 2.75) is 26.7 Å². The Morgan fingerprint density at radius 3 is 2.82 bits per heavy atom. The lowest BCUT2D eigenvalue weighted by Crippen LogP contribution is -2.09. The van der Waals surface area contributed by atoms with Crippen LogP contribution in [0.5, 0.6) is 5.75 Å². The Balaban J connectivity index is 2.76. The fourth-order valence-corrected chi connectivity index (χ4v) is 1.65. The molecule has 0 saturated heterocycles. The minimum absolute atomic E-state index is 0.782. The quantitative estimate of drug-likeness (QED) is 0.778. The zero-order chi connectivity index (χ0) is 12.5. The van der Waals surface area contributed by atoms with Crippen molar-refractivity contribution in [3.8, 4) is 5.75 Å². The van der Waals surface area contributed by atoms with Gasteiger partial charge in [0.05, 0.1) is 6.61 Å². The molecule has 2 heteroatoms. The zero-order valence-corrected chi connectivity index (χ0v) is 11.1. The van der Waals surface area contributed by atoms with Crippen LogP contribution in [0.4, 0.5) is 0 Å². The number of hydrogen-bond acceptors (Lipinski definition) is 2. The average Bonchev–Trinajstić information content (AvgIpc) is 2.36. The summed E-state index contributed by atoms with van der Waals surface area (Å²) in [5.74, 6) is 0.959. The van der Waals surface area contributed by atoms with Gasteiger partial charge in [0.1, 0.15) is 5.75 Å². The summed E-state index contributed by atoms with van der Waals surface area (Å²) < 4.78 is 5.63. The van der Waals surface area contributed by atoms with Gasteiger partial charge in [0.2, 0.25) is 0 Å². The fourth-order valence-electron chi connectivity index (χ4n) is 1.65. The van der Waals surface area contributed by atoms with Crippen molar-refractivity contribution < 1.29 is 4.74 Å². The molecule has 0 aliphatic rings. The van der Waals surface area contributed by atoms with Crippen molar-refractivity contribution in [3.05, 3.63) is 35.4 Å². The molecular formula is C15H23NO. The summed E-state index contributed by atoms with van der Waals surface area (Å²) in [5.41, 5.74) is 2.62. The van der Waals surface area contributed by atoms with E-state index in [-0.39, 0.29) is 0 Å². The Morgan fingerprint density at radius 2 is 2.18 bits per heavy atom. The molecule has 0 bridgehead atoms. The van der Waals surface area contributed by atoms with Gasteiger partial charge in [0.15, 0.2) is 0 Å². The normalized spacial score (nSPS) is 11.6. The van der Waals surface area contributed by atoms with Gasteiger partial charge in [-0.15, -0.1) is 0 Å². The van der Waals surface area contributed by atoms with Gasteiger partial charge >= 0.3 is 0 Å². The molecule has 2 nitrogen and oxygen atoms in total. The number of nitrogens with one attached hydrogen (secondary N) is 1. The van der Waals surface area contributed by atoms with Crippen LogP contribution in [0.1, 0.15) is 32.3 Å². The molecule has 1 N–H and O–H groups in total. The lowest BCUT2D eigenvalue weighted by atomic mass is 10.1. The lowest BCUT2D eigenvalue weighted by molar-refractivity contribution is 0.317. The molecule has 0 heterocycles. The fraction of sp³-hybridized carbons (Fsp3) is 0.467. The maximum absolute atomic E-state index is 5.63. The monoisotopic (exact) mass is 233 g/mol. The molecule has 1 aromatic rings. The molecule has 0 aliphatic heterocycles. The van der Waals surface area contributed by atoms with Gasteiger partial charge < -0.3 is 10.1 Å². The van der Waals surface area contributed by atoms with Gasteiger partial charge in [-0.25, -0.2) is 0 Å². The van der Waals surface area contributed by atoms with Gasteiger partial charge in [-0.05, 0) is 37.6 Å². The number of rotatable bonds is 7. The van der Waals surface area contributed by atoms with Crippen LogP contribution in [0, 0.1) is 0 Å². The third-order valence-electron chi connectivity index (χ3n) is 2.56. The van der Waals surface area contributed by atoms with Gasteiger partial charge in [-0.1, -0.05) is 37.6 Å². The molecule has 1 aromatic carbocycles. The maximum atomic E-state index is 5.63. The third-order valence-corrected chi connectivity index (χ3v) is 2.56. The molecule has 0 spiro atoms. The van der Waals surface area contributed by atoms with E-state index in [4.69, 9.17) is 4.74 Å². The minimum Gasteiger partial charge on any atom is -0.494 e. The number of benzene rings is 1. The molecule has 0 unspecified atom stereocenters. The zero-order valence-electron chi connectivity index (χ0n) is 11.1. The van der Waals surface area contributed by atoms with Crippen molar-refractivity contribution in [1.82, 2.24) is 5.32 Å². The molecule has 0 radical (unpaired) electrons. The second kappa shape index (κ2) is 7.91. The summed E-state index contributed by atoms with van der Waals surface area (Å²) in [5, 5.41) is 3.19. The molecule has 0 aromatic heterocycles. The van der Waals surface area contributed by atoms with Gasteiger partial charge in [0, 0.05) is 6.54 Å². The predicted molar refractivity (Wildman–Crippen MR) is 74.4 cm³/mol. The van der Waals surface area contributed by atoms with Crippen molar-refractivity contribution in [1.29, 1.82) is 0 Å². The maximum Gasteiger partial charge on any atom is 0.119 e. The van der Waals surface area contributed by atoms with Gasteiger partial charge in [-0.2, -0.15) is 0 Å². The van der Waals surface area contributed by atoms with Crippen molar-refractivity contribution in [2.24, 2.45) is 0 Å². The van der Waals surface area contributed by atoms with Crippen LogP contribution in [0.2, 0.25) is 0 Å². The van der Waals surface area contributed by atoms with E-state index in [2.05, 4.69) is 37.4 Å². The summed E-state index contributed by atoms with van der Waals surface area (Å²) in [6, 6.07) is 8.27. The first-order valence-electron chi connectivity index (χ1n) is 6.37. The summed E-state index contributed by atoms with van der Waals surface area (Å²) in [6.45, 7) is 6.02. The summed E-state index contributed by atoms with van der Waals surface area (Å²) in [7, 11) is 1.98. The summed E-state index contributed by atoms with van der Waals surface area (Å²) in [4.78, 5) is 0. The predicted octanol–water partition coefficient (Wildman–Crippen LogP) is 3.49. The van der Waals surface area contributed by atoms with Gasteiger partial charge in [-0.3, -0.25) is 0 Å². The Hall–Kier alpha value is -1.28. The number of hydrogen-bond donors (Lipinski definition) is 1. The summed E-state index contributed by atoms with van der Waals surface area (Å²) >= 11 is 0.